The molecule has 2 aromatic rings. The number of anilines is 1. The SMILES string of the molecule is CCN(SN(C)/C=N/c1ccc(Cl)cc1C)c1ccccc1. The molecule has 0 amide bonds. The van der Waals surface area contributed by atoms with Crippen molar-refractivity contribution in [3.63, 3.8) is 0 Å². The average Bonchev–Trinajstić information content (AvgIpc) is 2.52. The summed E-state index contributed by atoms with van der Waals surface area (Å²) in [5.74, 6) is 0. The molecule has 0 aliphatic heterocycles. The maximum Gasteiger partial charge on any atom is 0.102 e. The highest BCUT2D eigenvalue weighted by molar-refractivity contribution is 7.98. The van der Waals surface area contributed by atoms with Crippen molar-refractivity contribution in [2.24, 2.45) is 4.99 Å². The van der Waals surface area contributed by atoms with Gasteiger partial charge in [0.25, 0.3) is 0 Å². The third kappa shape index (κ3) is 4.68. The van der Waals surface area contributed by atoms with Gasteiger partial charge in [0.15, 0.2) is 0 Å². The van der Waals surface area contributed by atoms with Crippen LogP contribution >= 0.6 is 23.7 Å². The number of benzene rings is 2. The number of aryl methyl sites for hydroxylation is 1. The molecule has 0 bridgehead atoms. The Morgan fingerprint density at radius 2 is 1.91 bits per heavy atom. The van der Waals surface area contributed by atoms with Crippen LogP contribution in [-0.2, 0) is 0 Å². The van der Waals surface area contributed by atoms with Crippen LogP contribution in [0.2, 0.25) is 5.02 Å². The number of halogens is 1. The van der Waals surface area contributed by atoms with Crippen molar-refractivity contribution in [2.75, 3.05) is 17.9 Å². The first-order chi connectivity index (χ1) is 10.6. The van der Waals surface area contributed by atoms with Gasteiger partial charge in [-0.3, -0.25) is 8.61 Å². The van der Waals surface area contributed by atoms with Gasteiger partial charge in [0.2, 0.25) is 0 Å². The van der Waals surface area contributed by atoms with E-state index in [4.69, 9.17) is 11.6 Å². The number of nitrogens with zero attached hydrogens (tertiary/aromatic N) is 3. The van der Waals surface area contributed by atoms with Gasteiger partial charge < -0.3 is 0 Å². The minimum atomic E-state index is 0.736. The first-order valence-electron chi connectivity index (χ1n) is 7.14. The molecule has 0 radical (unpaired) electrons. The molecular formula is C17H20ClN3S. The Kier molecular flexibility index (Phi) is 6.16. The Hall–Kier alpha value is -1.65. The zero-order chi connectivity index (χ0) is 15.9. The zero-order valence-electron chi connectivity index (χ0n) is 13.0. The van der Waals surface area contributed by atoms with Crippen molar-refractivity contribution in [1.29, 1.82) is 0 Å². The molecule has 0 unspecified atom stereocenters. The van der Waals surface area contributed by atoms with Crippen LogP contribution in [-0.4, -0.2) is 24.2 Å². The van der Waals surface area contributed by atoms with E-state index in [0.29, 0.717) is 0 Å². The molecule has 0 spiro atoms. The lowest BCUT2D eigenvalue weighted by Crippen LogP contribution is -2.21. The molecule has 0 aliphatic carbocycles. The summed E-state index contributed by atoms with van der Waals surface area (Å²) in [5.41, 5.74) is 3.18. The summed E-state index contributed by atoms with van der Waals surface area (Å²) in [6.07, 6.45) is 1.83. The second-order valence-electron chi connectivity index (χ2n) is 4.83. The van der Waals surface area contributed by atoms with Gasteiger partial charge in [0.05, 0.1) is 17.8 Å². The fourth-order valence-electron chi connectivity index (χ4n) is 1.97. The monoisotopic (exact) mass is 333 g/mol. The number of hydrogen-bond donors (Lipinski definition) is 0. The largest absolute Gasteiger partial charge is 0.299 e. The maximum absolute atomic E-state index is 5.96. The second kappa shape index (κ2) is 8.11. The van der Waals surface area contributed by atoms with Crippen molar-refractivity contribution in [3.8, 4) is 0 Å². The van der Waals surface area contributed by atoms with E-state index in [1.54, 1.807) is 12.1 Å². The van der Waals surface area contributed by atoms with E-state index in [0.717, 1.165) is 22.8 Å². The van der Waals surface area contributed by atoms with Crippen LogP contribution in [0.3, 0.4) is 0 Å². The van der Waals surface area contributed by atoms with E-state index in [-0.39, 0.29) is 0 Å². The summed E-state index contributed by atoms with van der Waals surface area (Å²) < 4.78 is 4.20. The minimum Gasteiger partial charge on any atom is -0.299 e. The van der Waals surface area contributed by atoms with Gasteiger partial charge in [0, 0.05) is 24.3 Å². The minimum absolute atomic E-state index is 0.736. The smallest absolute Gasteiger partial charge is 0.102 e. The van der Waals surface area contributed by atoms with Crippen molar-refractivity contribution in [1.82, 2.24) is 4.31 Å². The molecule has 0 N–H and O–H groups in total. The quantitative estimate of drug-likeness (QED) is 0.404. The lowest BCUT2D eigenvalue weighted by atomic mass is 10.2. The fourth-order valence-corrected chi connectivity index (χ4v) is 2.92. The number of hydrogen-bond acceptors (Lipinski definition) is 3. The van der Waals surface area contributed by atoms with E-state index in [2.05, 4.69) is 28.4 Å². The summed E-state index contributed by atoms with van der Waals surface area (Å²) in [6, 6.07) is 16.0. The number of para-hydroxylation sites is 1. The molecule has 0 aromatic heterocycles. The van der Waals surface area contributed by atoms with Gasteiger partial charge in [0.1, 0.15) is 6.34 Å². The highest BCUT2D eigenvalue weighted by Crippen LogP contribution is 2.25. The molecule has 116 valence electrons. The molecular weight excluding hydrogens is 314 g/mol. The predicted octanol–water partition coefficient (Wildman–Crippen LogP) is 5.33. The van der Waals surface area contributed by atoms with E-state index in [1.807, 2.05) is 61.0 Å². The molecule has 22 heavy (non-hydrogen) atoms. The van der Waals surface area contributed by atoms with Crippen molar-refractivity contribution >= 4 is 41.4 Å². The van der Waals surface area contributed by atoms with Crippen LogP contribution in [0.1, 0.15) is 12.5 Å². The third-order valence-corrected chi connectivity index (χ3v) is 4.33. The fraction of sp³-hybridized carbons (Fsp3) is 0.235. The van der Waals surface area contributed by atoms with Crippen molar-refractivity contribution in [3.05, 3.63) is 59.1 Å². The molecule has 0 aliphatic rings. The van der Waals surface area contributed by atoms with Crippen LogP contribution in [0.25, 0.3) is 0 Å². The lowest BCUT2D eigenvalue weighted by Gasteiger charge is -2.25. The maximum atomic E-state index is 5.96. The Balaban J connectivity index is 2.02. The van der Waals surface area contributed by atoms with E-state index >= 15 is 0 Å². The van der Waals surface area contributed by atoms with Gasteiger partial charge in [-0.25, -0.2) is 4.99 Å². The van der Waals surface area contributed by atoms with Crippen molar-refractivity contribution < 1.29 is 0 Å². The van der Waals surface area contributed by atoms with Crippen LogP contribution in [0.5, 0.6) is 0 Å². The third-order valence-electron chi connectivity index (χ3n) is 3.08. The van der Waals surface area contributed by atoms with Gasteiger partial charge in [-0.2, -0.15) is 0 Å². The summed E-state index contributed by atoms with van der Waals surface area (Å²) in [4.78, 5) is 4.52. The Morgan fingerprint density at radius 1 is 1.18 bits per heavy atom. The van der Waals surface area contributed by atoms with Crippen LogP contribution in [0.4, 0.5) is 11.4 Å². The van der Waals surface area contributed by atoms with Crippen LogP contribution < -0.4 is 4.31 Å². The van der Waals surface area contributed by atoms with Gasteiger partial charge in [-0.05, 0) is 49.7 Å². The molecule has 2 rings (SSSR count). The number of rotatable bonds is 6. The highest BCUT2D eigenvalue weighted by Gasteiger charge is 2.07. The normalized spacial score (nSPS) is 10.9. The summed E-state index contributed by atoms with van der Waals surface area (Å²) in [7, 11) is 1.99. The molecule has 0 saturated carbocycles. The van der Waals surface area contributed by atoms with Gasteiger partial charge in [-0.15, -0.1) is 0 Å². The van der Waals surface area contributed by atoms with Crippen LogP contribution in [0.15, 0.2) is 53.5 Å². The molecule has 5 heteroatoms. The first kappa shape index (κ1) is 16.7. The molecule has 0 saturated heterocycles. The number of aliphatic imine (C=N–C) groups is 1. The summed E-state index contributed by atoms with van der Waals surface area (Å²) in [5, 5.41) is 0.736. The topological polar surface area (TPSA) is 18.8 Å². The molecule has 0 fully saturated rings. The van der Waals surface area contributed by atoms with E-state index in [9.17, 15) is 0 Å². The Bertz CT molecular complexity index is 631. The standard InChI is InChI=1S/C17H20ClN3S/c1-4-21(16-8-6-5-7-9-16)22-20(3)13-19-17-11-10-15(18)12-14(17)2/h5-13H,4H2,1-3H3/b19-13+. The zero-order valence-corrected chi connectivity index (χ0v) is 14.6. The average molecular weight is 334 g/mol. The van der Waals surface area contributed by atoms with Gasteiger partial charge in [-0.1, -0.05) is 29.8 Å². The summed E-state index contributed by atoms with van der Waals surface area (Å²) in [6.45, 7) is 5.05. The van der Waals surface area contributed by atoms with Crippen LogP contribution in [0, 0.1) is 6.92 Å². The first-order valence-corrected chi connectivity index (χ1v) is 8.25. The van der Waals surface area contributed by atoms with Gasteiger partial charge >= 0.3 is 0 Å². The summed E-state index contributed by atoms with van der Waals surface area (Å²) >= 11 is 7.58. The Morgan fingerprint density at radius 3 is 2.55 bits per heavy atom. The second-order valence-corrected chi connectivity index (χ2v) is 6.45. The van der Waals surface area contributed by atoms with E-state index < -0.39 is 0 Å². The van der Waals surface area contributed by atoms with E-state index in [1.165, 1.54) is 5.69 Å². The lowest BCUT2D eigenvalue weighted by molar-refractivity contribution is 0.860. The van der Waals surface area contributed by atoms with Crippen molar-refractivity contribution in [2.45, 2.75) is 13.8 Å². The predicted molar refractivity (Wildman–Crippen MR) is 99.2 cm³/mol. The Labute approximate surface area is 141 Å². The highest BCUT2D eigenvalue weighted by atomic mass is 35.5. The molecule has 0 atom stereocenters. The molecule has 2 aromatic carbocycles. The molecule has 3 nitrogen and oxygen atoms in total. The molecule has 0 heterocycles.